The highest BCUT2D eigenvalue weighted by molar-refractivity contribution is 6.02. The first-order chi connectivity index (χ1) is 13.1. The molecule has 0 saturated carbocycles. The smallest absolute Gasteiger partial charge is 0.262 e. The summed E-state index contributed by atoms with van der Waals surface area (Å²) in [6, 6.07) is 16.7. The Kier molecular flexibility index (Phi) is 7.45. The quantitative estimate of drug-likeness (QED) is 0.561. The number of carbonyl (C=O) groups is 1. The zero-order chi connectivity index (χ0) is 19.6. The Bertz CT molecular complexity index is 838. The minimum Gasteiger partial charge on any atom is -0.494 e. The van der Waals surface area contributed by atoms with Crippen LogP contribution < -0.4 is 14.8 Å². The molecule has 0 saturated heterocycles. The summed E-state index contributed by atoms with van der Waals surface area (Å²) < 4.78 is 11.1. The highest BCUT2D eigenvalue weighted by atomic mass is 16.5. The molecule has 0 aliphatic heterocycles. The van der Waals surface area contributed by atoms with Gasteiger partial charge in [0.05, 0.1) is 19.3 Å². The number of ether oxygens (including phenoxy) is 2. The second-order valence-electron chi connectivity index (χ2n) is 5.84. The van der Waals surface area contributed by atoms with Crippen molar-refractivity contribution in [2.45, 2.75) is 26.8 Å². The molecule has 5 heteroatoms. The molecule has 2 aromatic carbocycles. The number of hydrogen-bond acceptors (Lipinski definition) is 4. The fourth-order valence-electron chi connectivity index (χ4n) is 2.57. The van der Waals surface area contributed by atoms with E-state index in [1.807, 2.05) is 57.2 Å². The van der Waals surface area contributed by atoms with Gasteiger partial charge in [0.25, 0.3) is 5.91 Å². The van der Waals surface area contributed by atoms with Crippen LogP contribution in [0.4, 0.5) is 0 Å². The molecule has 140 valence electrons. The van der Waals surface area contributed by atoms with Gasteiger partial charge in [0.15, 0.2) is 0 Å². The number of nitriles is 1. The lowest BCUT2D eigenvalue weighted by Gasteiger charge is -2.14. The first-order valence-electron chi connectivity index (χ1n) is 8.96. The Labute approximate surface area is 160 Å². The summed E-state index contributed by atoms with van der Waals surface area (Å²) in [5.74, 6) is 0.823. The van der Waals surface area contributed by atoms with Gasteiger partial charge in [-0.3, -0.25) is 4.79 Å². The average Bonchev–Trinajstić information content (AvgIpc) is 2.68. The Morgan fingerprint density at radius 3 is 2.48 bits per heavy atom. The zero-order valence-electron chi connectivity index (χ0n) is 15.9. The van der Waals surface area contributed by atoms with Gasteiger partial charge >= 0.3 is 0 Å². The van der Waals surface area contributed by atoms with E-state index < -0.39 is 5.91 Å². The standard InChI is InChI=1S/C22H24N2O3/c1-4-26-20-12-11-18(21(14-20)27-5-2)13-19(15-23)22(25)24-16(3)17-9-7-6-8-10-17/h6-14,16H,4-5H2,1-3H3,(H,24,25)/b19-13-/t16-/m0/s1. The molecule has 27 heavy (non-hydrogen) atoms. The van der Waals surface area contributed by atoms with Crippen molar-refractivity contribution in [3.63, 3.8) is 0 Å². The van der Waals surface area contributed by atoms with Gasteiger partial charge in [-0.05, 0) is 44.5 Å². The molecule has 0 fully saturated rings. The maximum absolute atomic E-state index is 12.5. The first-order valence-corrected chi connectivity index (χ1v) is 8.96. The third-order valence-corrected chi connectivity index (χ3v) is 3.91. The summed E-state index contributed by atoms with van der Waals surface area (Å²) in [7, 11) is 0. The predicted molar refractivity (Wildman–Crippen MR) is 105 cm³/mol. The van der Waals surface area contributed by atoms with Gasteiger partial charge < -0.3 is 14.8 Å². The molecule has 0 aliphatic carbocycles. The number of nitrogens with one attached hydrogen (secondary N) is 1. The van der Waals surface area contributed by atoms with Crippen LogP contribution in [0.25, 0.3) is 6.08 Å². The summed E-state index contributed by atoms with van der Waals surface area (Å²) in [6.45, 7) is 6.67. The van der Waals surface area contributed by atoms with Crippen LogP contribution in [0.5, 0.6) is 11.5 Å². The van der Waals surface area contributed by atoms with Crippen molar-refractivity contribution >= 4 is 12.0 Å². The molecule has 2 aromatic rings. The van der Waals surface area contributed by atoms with Gasteiger partial charge in [-0.15, -0.1) is 0 Å². The van der Waals surface area contributed by atoms with Crippen LogP contribution in [0.2, 0.25) is 0 Å². The molecule has 0 spiro atoms. The van der Waals surface area contributed by atoms with Crippen LogP contribution in [0.1, 0.15) is 37.9 Å². The molecule has 1 amide bonds. The maximum atomic E-state index is 12.5. The molecule has 0 aliphatic rings. The van der Waals surface area contributed by atoms with E-state index in [1.54, 1.807) is 18.2 Å². The molecule has 0 bridgehead atoms. The van der Waals surface area contributed by atoms with Crippen LogP contribution >= 0.6 is 0 Å². The zero-order valence-corrected chi connectivity index (χ0v) is 15.9. The molecular formula is C22H24N2O3. The van der Waals surface area contributed by atoms with Gasteiger partial charge in [0.1, 0.15) is 23.1 Å². The highest BCUT2D eigenvalue weighted by Crippen LogP contribution is 2.27. The Morgan fingerprint density at radius 1 is 1.15 bits per heavy atom. The molecule has 1 N–H and O–H groups in total. The van der Waals surface area contributed by atoms with Crippen molar-refractivity contribution in [2.75, 3.05) is 13.2 Å². The van der Waals surface area contributed by atoms with Crippen LogP contribution in [-0.2, 0) is 4.79 Å². The lowest BCUT2D eigenvalue weighted by atomic mass is 10.1. The van der Waals surface area contributed by atoms with Crippen molar-refractivity contribution in [1.82, 2.24) is 5.32 Å². The van der Waals surface area contributed by atoms with Crippen LogP contribution in [0.3, 0.4) is 0 Å². The molecule has 0 aromatic heterocycles. The SMILES string of the molecule is CCOc1ccc(/C=C(/C#N)C(=O)N[C@@H](C)c2ccccc2)c(OCC)c1. The molecule has 0 radical (unpaired) electrons. The Balaban J connectivity index is 2.24. The predicted octanol–water partition coefficient (Wildman–Crippen LogP) is 4.27. The largest absolute Gasteiger partial charge is 0.494 e. The van der Waals surface area contributed by atoms with Gasteiger partial charge in [0, 0.05) is 11.6 Å². The third kappa shape index (κ3) is 5.61. The summed E-state index contributed by atoms with van der Waals surface area (Å²) in [5, 5.41) is 12.3. The van der Waals surface area contributed by atoms with Crippen LogP contribution in [0.15, 0.2) is 54.1 Å². The van der Waals surface area contributed by atoms with Gasteiger partial charge in [-0.1, -0.05) is 30.3 Å². The highest BCUT2D eigenvalue weighted by Gasteiger charge is 2.15. The average molecular weight is 364 g/mol. The number of nitrogens with zero attached hydrogens (tertiary/aromatic N) is 1. The van der Waals surface area contributed by atoms with Crippen molar-refractivity contribution in [1.29, 1.82) is 5.26 Å². The van der Waals surface area contributed by atoms with E-state index in [1.165, 1.54) is 6.08 Å². The summed E-state index contributed by atoms with van der Waals surface area (Å²) >= 11 is 0. The fourth-order valence-corrected chi connectivity index (χ4v) is 2.57. The van der Waals surface area contributed by atoms with Crippen molar-refractivity contribution < 1.29 is 14.3 Å². The van der Waals surface area contributed by atoms with Gasteiger partial charge in [-0.2, -0.15) is 5.26 Å². The summed E-state index contributed by atoms with van der Waals surface area (Å²) in [4.78, 5) is 12.5. The number of rotatable bonds is 8. The van der Waals surface area contributed by atoms with E-state index in [9.17, 15) is 10.1 Å². The summed E-state index contributed by atoms with van der Waals surface area (Å²) in [6.07, 6.45) is 1.54. The number of hydrogen-bond donors (Lipinski definition) is 1. The molecule has 5 nitrogen and oxygen atoms in total. The Hall–Kier alpha value is -3.26. The van der Waals surface area contributed by atoms with E-state index in [4.69, 9.17) is 9.47 Å². The van der Waals surface area contributed by atoms with Gasteiger partial charge in [-0.25, -0.2) is 0 Å². The van der Waals surface area contributed by atoms with E-state index in [-0.39, 0.29) is 11.6 Å². The van der Waals surface area contributed by atoms with Crippen LogP contribution in [0, 0.1) is 11.3 Å². The van der Waals surface area contributed by atoms with Crippen molar-refractivity contribution in [2.24, 2.45) is 0 Å². The minimum absolute atomic E-state index is 0.0166. The topological polar surface area (TPSA) is 71.3 Å². The van der Waals surface area contributed by atoms with Crippen molar-refractivity contribution in [3.8, 4) is 17.6 Å². The lowest BCUT2D eigenvalue weighted by molar-refractivity contribution is -0.117. The van der Waals surface area contributed by atoms with E-state index in [0.717, 1.165) is 5.56 Å². The molecule has 0 heterocycles. The second kappa shape index (κ2) is 10.0. The van der Waals surface area contributed by atoms with Crippen LogP contribution in [-0.4, -0.2) is 19.1 Å². The first kappa shape index (κ1) is 20.1. The minimum atomic E-state index is -0.426. The molecule has 1 atom stereocenters. The molecule has 2 rings (SSSR count). The normalized spacial score (nSPS) is 12.0. The third-order valence-electron chi connectivity index (χ3n) is 3.91. The molecular weight excluding hydrogens is 340 g/mol. The second-order valence-corrected chi connectivity index (χ2v) is 5.84. The lowest BCUT2D eigenvalue weighted by Crippen LogP contribution is -2.27. The van der Waals surface area contributed by atoms with Crippen molar-refractivity contribution in [3.05, 3.63) is 65.2 Å². The van der Waals surface area contributed by atoms with E-state index in [0.29, 0.717) is 30.3 Å². The fraction of sp³-hybridized carbons (Fsp3) is 0.273. The maximum Gasteiger partial charge on any atom is 0.262 e. The summed E-state index contributed by atoms with van der Waals surface area (Å²) in [5.41, 5.74) is 1.64. The monoisotopic (exact) mass is 364 g/mol. The Morgan fingerprint density at radius 2 is 1.85 bits per heavy atom. The number of benzene rings is 2. The number of amides is 1. The van der Waals surface area contributed by atoms with E-state index in [2.05, 4.69) is 5.32 Å². The van der Waals surface area contributed by atoms with E-state index >= 15 is 0 Å². The number of carbonyl (C=O) groups excluding carboxylic acids is 1. The van der Waals surface area contributed by atoms with Gasteiger partial charge in [0.2, 0.25) is 0 Å². The molecule has 0 unspecified atom stereocenters.